The van der Waals surface area contributed by atoms with E-state index in [-0.39, 0.29) is 11.8 Å². The number of aryl methyl sites for hydroxylation is 2. The molecule has 0 aliphatic carbocycles. The van der Waals surface area contributed by atoms with Crippen LogP contribution < -0.4 is 5.73 Å². The van der Waals surface area contributed by atoms with Crippen LogP contribution in [0.1, 0.15) is 35.5 Å². The number of benzene rings is 1. The molecule has 4 rings (SSSR count). The van der Waals surface area contributed by atoms with Crippen LogP contribution in [0.3, 0.4) is 0 Å². The highest BCUT2D eigenvalue weighted by atomic mass is 16.2. The Morgan fingerprint density at radius 2 is 1.67 bits per heavy atom. The van der Waals surface area contributed by atoms with Gasteiger partial charge in [0.15, 0.2) is 0 Å². The number of rotatable bonds is 4. The second-order valence-corrected chi connectivity index (χ2v) is 8.20. The maximum atomic E-state index is 13.1. The number of hydrogen-bond acceptors (Lipinski definition) is 6. The fourth-order valence-electron chi connectivity index (χ4n) is 4.21. The van der Waals surface area contributed by atoms with Gasteiger partial charge in [-0.1, -0.05) is 13.0 Å². The van der Waals surface area contributed by atoms with Crippen LogP contribution in [-0.2, 0) is 11.2 Å². The average molecular weight is 445 g/mol. The molecule has 0 unspecified atom stereocenters. The third kappa shape index (κ3) is 4.55. The summed E-state index contributed by atoms with van der Waals surface area (Å²) in [7, 11) is 0. The average Bonchev–Trinajstić information content (AvgIpc) is 2.83. The van der Waals surface area contributed by atoms with Gasteiger partial charge in [-0.2, -0.15) is 0 Å². The van der Waals surface area contributed by atoms with Gasteiger partial charge in [-0.15, -0.1) is 0 Å². The summed E-state index contributed by atoms with van der Waals surface area (Å²) in [5.41, 5.74) is 11.8. The minimum atomic E-state index is -0.0119. The second-order valence-electron chi connectivity index (χ2n) is 8.20. The van der Waals surface area contributed by atoms with Crippen molar-refractivity contribution in [3.05, 3.63) is 59.7 Å². The van der Waals surface area contributed by atoms with Crippen LogP contribution in [0.15, 0.2) is 42.9 Å². The minimum Gasteiger partial charge on any atom is -0.384 e. The van der Waals surface area contributed by atoms with E-state index in [1.165, 1.54) is 0 Å². The molecule has 2 N–H and O–H groups in total. The number of pyridine rings is 1. The van der Waals surface area contributed by atoms with Gasteiger partial charge in [0, 0.05) is 61.6 Å². The number of carbonyl (C=O) groups excluding carboxylic acids is 2. The lowest BCUT2D eigenvalue weighted by Gasteiger charge is -2.34. The van der Waals surface area contributed by atoms with Crippen molar-refractivity contribution in [1.82, 2.24) is 24.8 Å². The van der Waals surface area contributed by atoms with E-state index < -0.39 is 0 Å². The summed E-state index contributed by atoms with van der Waals surface area (Å²) in [6.45, 7) is 7.77. The molecule has 2 aromatic heterocycles. The van der Waals surface area contributed by atoms with E-state index in [9.17, 15) is 9.59 Å². The molecule has 170 valence electrons. The molecule has 1 aliphatic rings. The van der Waals surface area contributed by atoms with Gasteiger partial charge >= 0.3 is 0 Å². The zero-order valence-electron chi connectivity index (χ0n) is 19.2. The molecule has 0 bridgehead atoms. The van der Waals surface area contributed by atoms with E-state index >= 15 is 0 Å². The summed E-state index contributed by atoms with van der Waals surface area (Å²) < 4.78 is 0. The fraction of sp³-hybridized carbons (Fsp3) is 0.320. The molecule has 3 aromatic rings. The van der Waals surface area contributed by atoms with Crippen molar-refractivity contribution in [2.45, 2.75) is 27.2 Å². The van der Waals surface area contributed by atoms with Crippen LogP contribution >= 0.6 is 0 Å². The van der Waals surface area contributed by atoms with E-state index in [1.807, 2.05) is 36.1 Å². The Balaban J connectivity index is 1.66. The predicted octanol–water partition coefficient (Wildman–Crippen LogP) is 2.96. The van der Waals surface area contributed by atoms with Crippen molar-refractivity contribution in [2.24, 2.45) is 0 Å². The number of carbonyl (C=O) groups is 2. The van der Waals surface area contributed by atoms with Crippen LogP contribution in [0.4, 0.5) is 5.82 Å². The van der Waals surface area contributed by atoms with E-state index in [1.54, 1.807) is 30.4 Å². The standard InChI is InChI=1S/C25H28N6O2/c1-4-21-23(19-6-8-22(26)27-14-19)24(29-15-28-21)18-5-7-20(16(2)13-18)25(33)31-11-9-30(10-12-31)17(3)32/h5-8,13-15H,4,9-12H2,1-3H3,(H2,26,27). The molecular formula is C25H28N6O2. The third-order valence-corrected chi connectivity index (χ3v) is 6.08. The summed E-state index contributed by atoms with van der Waals surface area (Å²) in [4.78, 5) is 41.6. The van der Waals surface area contributed by atoms with Gasteiger partial charge in [0.1, 0.15) is 12.1 Å². The smallest absolute Gasteiger partial charge is 0.254 e. The molecule has 8 heteroatoms. The number of piperazine rings is 1. The lowest BCUT2D eigenvalue weighted by molar-refractivity contribution is -0.130. The predicted molar refractivity (Wildman–Crippen MR) is 127 cm³/mol. The first-order valence-electron chi connectivity index (χ1n) is 11.1. The molecule has 1 fully saturated rings. The second kappa shape index (κ2) is 9.36. The van der Waals surface area contributed by atoms with Crippen LogP contribution in [0.2, 0.25) is 0 Å². The lowest BCUT2D eigenvalue weighted by atomic mass is 9.95. The Bertz CT molecular complexity index is 1180. The number of nitrogen functional groups attached to an aromatic ring is 1. The molecule has 0 radical (unpaired) electrons. The third-order valence-electron chi connectivity index (χ3n) is 6.08. The number of nitrogens with zero attached hydrogens (tertiary/aromatic N) is 5. The van der Waals surface area contributed by atoms with E-state index in [0.29, 0.717) is 37.6 Å². The molecule has 1 saturated heterocycles. The van der Waals surface area contributed by atoms with E-state index in [4.69, 9.17) is 5.73 Å². The highest BCUT2D eigenvalue weighted by molar-refractivity contribution is 5.96. The fourth-order valence-corrected chi connectivity index (χ4v) is 4.21. The molecule has 0 atom stereocenters. The Kier molecular flexibility index (Phi) is 6.35. The first-order chi connectivity index (χ1) is 15.9. The molecular weight excluding hydrogens is 416 g/mol. The highest BCUT2D eigenvalue weighted by Gasteiger charge is 2.24. The molecule has 1 aliphatic heterocycles. The van der Waals surface area contributed by atoms with Gasteiger partial charge < -0.3 is 15.5 Å². The van der Waals surface area contributed by atoms with Gasteiger partial charge in [-0.05, 0) is 43.2 Å². The van der Waals surface area contributed by atoms with Crippen LogP contribution in [0.5, 0.6) is 0 Å². The highest BCUT2D eigenvalue weighted by Crippen LogP contribution is 2.33. The summed E-state index contributed by atoms with van der Waals surface area (Å²) >= 11 is 0. The maximum Gasteiger partial charge on any atom is 0.254 e. The number of nitrogens with two attached hydrogens (primary N) is 1. The number of hydrogen-bond donors (Lipinski definition) is 1. The van der Waals surface area contributed by atoms with E-state index in [0.717, 1.165) is 40.1 Å². The van der Waals surface area contributed by atoms with Crippen molar-refractivity contribution >= 4 is 17.6 Å². The van der Waals surface area contributed by atoms with Crippen molar-refractivity contribution in [2.75, 3.05) is 31.9 Å². The maximum absolute atomic E-state index is 13.1. The van der Waals surface area contributed by atoms with Crippen molar-refractivity contribution < 1.29 is 9.59 Å². The first kappa shape index (κ1) is 22.4. The van der Waals surface area contributed by atoms with Crippen molar-refractivity contribution in [3.8, 4) is 22.4 Å². The summed E-state index contributed by atoms with van der Waals surface area (Å²) in [5.74, 6) is 0.492. The first-order valence-corrected chi connectivity index (χ1v) is 11.1. The van der Waals surface area contributed by atoms with Gasteiger partial charge in [-0.3, -0.25) is 9.59 Å². The minimum absolute atomic E-state index is 0.0119. The van der Waals surface area contributed by atoms with Gasteiger partial charge in [0.2, 0.25) is 5.91 Å². The monoisotopic (exact) mass is 444 g/mol. The molecule has 3 heterocycles. The number of amides is 2. The topological polar surface area (TPSA) is 105 Å². The number of aromatic nitrogens is 3. The summed E-state index contributed by atoms with van der Waals surface area (Å²) in [6, 6.07) is 9.49. The van der Waals surface area contributed by atoms with Crippen LogP contribution in [-0.4, -0.2) is 62.7 Å². The zero-order chi connectivity index (χ0) is 23.5. The largest absolute Gasteiger partial charge is 0.384 e. The Morgan fingerprint density at radius 3 is 2.27 bits per heavy atom. The Hall–Kier alpha value is -3.81. The molecule has 0 saturated carbocycles. The molecule has 33 heavy (non-hydrogen) atoms. The van der Waals surface area contributed by atoms with Crippen LogP contribution in [0.25, 0.3) is 22.4 Å². The van der Waals surface area contributed by atoms with Crippen molar-refractivity contribution in [1.29, 1.82) is 0 Å². The summed E-state index contributed by atoms with van der Waals surface area (Å²) in [5, 5.41) is 0. The van der Waals surface area contributed by atoms with Gasteiger partial charge in [-0.25, -0.2) is 15.0 Å². The zero-order valence-corrected chi connectivity index (χ0v) is 19.2. The van der Waals surface area contributed by atoms with Crippen LogP contribution in [0, 0.1) is 6.92 Å². The molecule has 2 amide bonds. The van der Waals surface area contributed by atoms with Crippen molar-refractivity contribution in [3.63, 3.8) is 0 Å². The van der Waals surface area contributed by atoms with Gasteiger partial charge in [0.05, 0.1) is 11.4 Å². The molecule has 8 nitrogen and oxygen atoms in total. The summed E-state index contributed by atoms with van der Waals surface area (Å²) in [6.07, 6.45) is 4.06. The molecule has 0 spiro atoms. The SMILES string of the molecule is CCc1ncnc(-c2ccc(C(=O)N3CCN(C(C)=O)CC3)c(C)c2)c1-c1ccc(N)nc1. The van der Waals surface area contributed by atoms with E-state index in [2.05, 4.69) is 21.9 Å². The Morgan fingerprint density at radius 1 is 0.970 bits per heavy atom. The Labute approximate surface area is 193 Å². The normalized spacial score (nSPS) is 13.8. The molecule has 1 aromatic carbocycles. The van der Waals surface area contributed by atoms with Gasteiger partial charge in [0.25, 0.3) is 5.91 Å². The lowest BCUT2D eigenvalue weighted by Crippen LogP contribution is -2.50. The quantitative estimate of drug-likeness (QED) is 0.663. The number of anilines is 1.